The largest absolute Gasteiger partial charge is 0.229 e. The van der Waals surface area contributed by atoms with Crippen molar-refractivity contribution in [2.24, 2.45) is 16.2 Å². The minimum Gasteiger partial charge on any atom is -0.229 e. The molecule has 0 aliphatic rings. The summed E-state index contributed by atoms with van der Waals surface area (Å²) in [4.78, 5) is 0. The van der Waals surface area contributed by atoms with Gasteiger partial charge in [-0.2, -0.15) is 0 Å². The van der Waals surface area contributed by atoms with E-state index in [-0.39, 0.29) is 0 Å². The minimum absolute atomic E-state index is 0.463. The summed E-state index contributed by atoms with van der Waals surface area (Å²) < 4.78 is 4.09. The third kappa shape index (κ3) is 7.66. The first-order chi connectivity index (χ1) is 5.16. The molecule has 0 fully saturated rings. The highest BCUT2D eigenvalue weighted by Gasteiger charge is 1.90. The molecular weight excluding hydrogens is 154 g/mol. The average molecular weight is 171 g/mol. The maximum absolute atomic E-state index is 4.09. The molecule has 2 heteroatoms. The Morgan fingerprint density at radius 1 is 1.18 bits per heavy atom. The highest BCUT2D eigenvalue weighted by atomic mass is 32.2. The molecule has 0 N–H and O–H groups in total. The number of hydrogen-bond donors (Lipinski definition) is 0. The third-order valence-electron chi connectivity index (χ3n) is 1.20. The van der Waals surface area contributed by atoms with Crippen LogP contribution in [0.25, 0.3) is 0 Å². The highest BCUT2D eigenvalue weighted by Crippen LogP contribution is 2.01. The van der Waals surface area contributed by atoms with Gasteiger partial charge in [0.2, 0.25) is 0 Å². The maximum Gasteiger partial charge on any atom is 0.0192 e. The van der Waals surface area contributed by atoms with Crippen molar-refractivity contribution in [3.8, 4) is 0 Å². The van der Waals surface area contributed by atoms with Gasteiger partial charge >= 0.3 is 0 Å². The van der Waals surface area contributed by atoms with Gasteiger partial charge in [-0.3, -0.25) is 0 Å². The zero-order valence-electron chi connectivity index (χ0n) is 7.74. The summed E-state index contributed by atoms with van der Waals surface area (Å²) in [6.45, 7) is 6.49. The van der Waals surface area contributed by atoms with E-state index in [0.29, 0.717) is 11.8 Å². The third-order valence-corrected chi connectivity index (χ3v) is 1.53. The second kappa shape index (κ2) is 6.47. The molecule has 11 heavy (non-hydrogen) atoms. The van der Waals surface area contributed by atoms with Crippen LogP contribution >= 0.6 is 11.9 Å². The van der Waals surface area contributed by atoms with Crippen molar-refractivity contribution >= 4 is 18.2 Å². The Labute approximate surface area is 74.1 Å². The SMILES string of the molecule is CS/N=C\C(C)/C=C/C(C)C. The summed E-state index contributed by atoms with van der Waals surface area (Å²) in [5.74, 6) is 1.10. The van der Waals surface area contributed by atoms with Crippen LogP contribution in [-0.2, 0) is 0 Å². The Morgan fingerprint density at radius 2 is 1.82 bits per heavy atom. The monoisotopic (exact) mass is 171 g/mol. The van der Waals surface area contributed by atoms with Gasteiger partial charge in [0, 0.05) is 18.4 Å². The number of nitrogens with zero attached hydrogens (tertiary/aromatic N) is 1. The van der Waals surface area contributed by atoms with Gasteiger partial charge in [0.05, 0.1) is 0 Å². The van der Waals surface area contributed by atoms with E-state index in [1.165, 1.54) is 11.9 Å². The molecule has 0 rings (SSSR count). The van der Waals surface area contributed by atoms with Crippen LogP contribution in [0, 0.1) is 11.8 Å². The van der Waals surface area contributed by atoms with E-state index in [1.807, 2.05) is 12.5 Å². The van der Waals surface area contributed by atoms with Crippen LogP contribution in [0.5, 0.6) is 0 Å². The predicted molar refractivity (Wildman–Crippen MR) is 55.1 cm³/mol. The molecule has 0 radical (unpaired) electrons. The molecule has 0 saturated carbocycles. The molecule has 0 amide bonds. The number of hydrogen-bond acceptors (Lipinski definition) is 2. The smallest absolute Gasteiger partial charge is 0.0192 e. The van der Waals surface area contributed by atoms with Crippen LogP contribution in [0.4, 0.5) is 0 Å². The maximum atomic E-state index is 4.09. The van der Waals surface area contributed by atoms with Gasteiger partial charge in [0.1, 0.15) is 0 Å². The van der Waals surface area contributed by atoms with E-state index in [1.54, 1.807) is 0 Å². The number of allylic oxidation sites excluding steroid dienone is 2. The second-order valence-corrected chi connectivity index (χ2v) is 3.50. The van der Waals surface area contributed by atoms with Gasteiger partial charge in [0.15, 0.2) is 0 Å². The lowest BCUT2D eigenvalue weighted by Crippen LogP contribution is -1.90. The molecule has 64 valence electrons. The van der Waals surface area contributed by atoms with Crippen molar-refractivity contribution in [3.63, 3.8) is 0 Å². The molecule has 1 nitrogen and oxygen atoms in total. The van der Waals surface area contributed by atoms with E-state index in [0.717, 1.165) is 0 Å². The van der Waals surface area contributed by atoms with E-state index >= 15 is 0 Å². The summed E-state index contributed by atoms with van der Waals surface area (Å²) in [5, 5.41) is 0. The van der Waals surface area contributed by atoms with Crippen LogP contribution in [0.3, 0.4) is 0 Å². The Kier molecular flexibility index (Phi) is 6.33. The van der Waals surface area contributed by atoms with Crippen molar-refractivity contribution in [2.75, 3.05) is 6.26 Å². The molecular formula is C9H17NS. The fourth-order valence-corrected chi connectivity index (χ4v) is 0.918. The summed E-state index contributed by atoms with van der Waals surface area (Å²) >= 11 is 1.50. The van der Waals surface area contributed by atoms with E-state index < -0.39 is 0 Å². The molecule has 0 aromatic rings. The lowest BCUT2D eigenvalue weighted by molar-refractivity contribution is 0.819. The molecule has 0 aliphatic carbocycles. The first-order valence-electron chi connectivity index (χ1n) is 3.91. The Bertz CT molecular complexity index is 138. The Morgan fingerprint density at radius 3 is 2.27 bits per heavy atom. The van der Waals surface area contributed by atoms with Crippen molar-refractivity contribution < 1.29 is 0 Å². The Balaban J connectivity index is 3.67. The first kappa shape index (κ1) is 10.8. The second-order valence-electron chi connectivity index (χ2n) is 2.93. The van der Waals surface area contributed by atoms with Crippen LogP contribution in [-0.4, -0.2) is 12.5 Å². The normalized spacial score (nSPS) is 15.4. The average Bonchev–Trinajstić information content (AvgIpc) is 1.97. The van der Waals surface area contributed by atoms with Gasteiger partial charge in [-0.1, -0.05) is 32.9 Å². The summed E-state index contributed by atoms with van der Waals surface area (Å²) in [5.41, 5.74) is 0. The quantitative estimate of drug-likeness (QED) is 0.359. The van der Waals surface area contributed by atoms with Crippen LogP contribution < -0.4 is 0 Å². The lowest BCUT2D eigenvalue weighted by Gasteiger charge is -1.97. The topological polar surface area (TPSA) is 12.4 Å². The summed E-state index contributed by atoms with van der Waals surface area (Å²) in [7, 11) is 0. The van der Waals surface area contributed by atoms with Crippen molar-refractivity contribution in [1.82, 2.24) is 0 Å². The van der Waals surface area contributed by atoms with Crippen LogP contribution in [0.2, 0.25) is 0 Å². The number of rotatable bonds is 4. The van der Waals surface area contributed by atoms with Crippen LogP contribution in [0.15, 0.2) is 16.5 Å². The summed E-state index contributed by atoms with van der Waals surface area (Å²) in [6, 6.07) is 0. The van der Waals surface area contributed by atoms with Crippen molar-refractivity contribution in [2.45, 2.75) is 20.8 Å². The molecule has 1 unspecified atom stereocenters. The molecule has 0 aliphatic heterocycles. The zero-order chi connectivity index (χ0) is 8.69. The van der Waals surface area contributed by atoms with Gasteiger partial charge < -0.3 is 0 Å². The molecule has 0 spiro atoms. The fraction of sp³-hybridized carbons (Fsp3) is 0.667. The zero-order valence-corrected chi connectivity index (χ0v) is 8.56. The van der Waals surface area contributed by atoms with Gasteiger partial charge in [-0.05, 0) is 17.9 Å². The molecule has 0 heterocycles. The summed E-state index contributed by atoms with van der Waals surface area (Å²) in [6.07, 6.45) is 8.32. The van der Waals surface area contributed by atoms with E-state index in [4.69, 9.17) is 0 Å². The Hall–Kier alpha value is -0.240. The first-order valence-corrected chi connectivity index (χ1v) is 5.10. The standard InChI is InChI=1S/C9H17NS/c1-8(2)5-6-9(3)7-10-11-4/h5-9H,1-4H3/b6-5+,10-7-. The van der Waals surface area contributed by atoms with Gasteiger partial charge in [-0.25, -0.2) is 4.40 Å². The minimum atomic E-state index is 0.463. The lowest BCUT2D eigenvalue weighted by atomic mass is 10.1. The van der Waals surface area contributed by atoms with Gasteiger partial charge in [0.25, 0.3) is 0 Å². The van der Waals surface area contributed by atoms with Gasteiger partial charge in [-0.15, -0.1) is 0 Å². The molecule has 1 atom stereocenters. The van der Waals surface area contributed by atoms with E-state index in [9.17, 15) is 0 Å². The fourth-order valence-electron chi connectivity index (χ4n) is 0.604. The van der Waals surface area contributed by atoms with Crippen LogP contribution in [0.1, 0.15) is 20.8 Å². The van der Waals surface area contributed by atoms with E-state index in [2.05, 4.69) is 37.3 Å². The van der Waals surface area contributed by atoms with Crippen molar-refractivity contribution in [3.05, 3.63) is 12.2 Å². The van der Waals surface area contributed by atoms with Crippen molar-refractivity contribution in [1.29, 1.82) is 0 Å². The highest BCUT2D eigenvalue weighted by molar-refractivity contribution is 7.97. The molecule has 0 bridgehead atoms. The molecule has 0 aromatic carbocycles. The predicted octanol–water partition coefficient (Wildman–Crippen LogP) is 3.18. The molecule has 0 saturated heterocycles. The molecule has 0 aromatic heterocycles.